The average Bonchev–Trinajstić information content (AvgIpc) is 3.04. The molecule has 0 N–H and O–H groups in total. The summed E-state index contributed by atoms with van der Waals surface area (Å²) in [4.78, 5) is 28.8. The van der Waals surface area contributed by atoms with Crippen molar-refractivity contribution in [3.05, 3.63) is 88.7 Å². The van der Waals surface area contributed by atoms with Crippen LogP contribution in [0.3, 0.4) is 0 Å². The molecule has 0 saturated carbocycles. The van der Waals surface area contributed by atoms with E-state index in [9.17, 15) is 9.59 Å². The number of benzene rings is 2. The lowest BCUT2D eigenvalue weighted by Gasteiger charge is -2.23. The SMILES string of the molecule is CC.CC.CC.CC(=O)c1ccc(C)cc1.CC(=O)c1ccccc1N(C)c1cc(C)ncc1C.CCCCC(C)CCC. The number of Topliss-reactive ketones (excluding diaryl/α,β-unsaturated/α-hetero) is 2. The zero-order chi connectivity index (χ0) is 34.7. The summed E-state index contributed by atoms with van der Waals surface area (Å²) in [6.07, 6.45) is 8.84. The van der Waals surface area contributed by atoms with Gasteiger partial charge in [-0.25, -0.2) is 0 Å². The molecule has 1 heterocycles. The number of hydrogen-bond donors (Lipinski definition) is 0. The van der Waals surface area contributed by atoms with Crippen LogP contribution in [-0.4, -0.2) is 23.6 Å². The first kappa shape index (κ1) is 45.2. The van der Waals surface area contributed by atoms with Crippen LogP contribution in [0.5, 0.6) is 0 Å². The molecule has 0 aliphatic carbocycles. The van der Waals surface area contributed by atoms with E-state index in [4.69, 9.17) is 0 Å². The van der Waals surface area contributed by atoms with Crippen molar-refractivity contribution in [2.45, 2.75) is 129 Å². The number of rotatable bonds is 9. The number of para-hydroxylation sites is 1. The zero-order valence-corrected chi connectivity index (χ0v) is 31.1. The molecule has 0 radical (unpaired) electrons. The second-order valence-electron chi connectivity index (χ2n) is 10.2. The van der Waals surface area contributed by atoms with Gasteiger partial charge in [0.25, 0.3) is 0 Å². The largest absolute Gasteiger partial charge is 0.344 e. The fraction of sp³-hybridized carbons (Fsp3) is 0.525. The second-order valence-corrected chi connectivity index (χ2v) is 10.2. The summed E-state index contributed by atoms with van der Waals surface area (Å²) >= 11 is 0. The minimum atomic E-state index is 0.0749. The molecule has 3 rings (SSSR count). The maximum Gasteiger partial charge on any atom is 0.161 e. The number of pyridine rings is 1. The van der Waals surface area contributed by atoms with Gasteiger partial charge in [-0.15, -0.1) is 0 Å². The van der Waals surface area contributed by atoms with E-state index in [1.807, 2.05) is 135 Å². The summed E-state index contributed by atoms with van der Waals surface area (Å²) in [5, 5.41) is 0. The predicted molar refractivity (Wildman–Crippen MR) is 197 cm³/mol. The van der Waals surface area contributed by atoms with Crippen molar-refractivity contribution in [3.8, 4) is 0 Å². The number of carbonyl (C=O) groups excluding carboxylic acids is 2. The molecule has 1 aromatic heterocycles. The van der Waals surface area contributed by atoms with Gasteiger partial charge in [-0.1, -0.05) is 136 Å². The summed E-state index contributed by atoms with van der Waals surface area (Å²) < 4.78 is 0. The predicted octanol–water partition coefficient (Wildman–Crippen LogP) is 12.6. The van der Waals surface area contributed by atoms with E-state index in [0.29, 0.717) is 0 Å². The van der Waals surface area contributed by atoms with E-state index in [0.717, 1.165) is 39.7 Å². The summed E-state index contributed by atoms with van der Waals surface area (Å²) in [6.45, 7) is 28.1. The van der Waals surface area contributed by atoms with Crippen LogP contribution in [0.4, 0.5) is 11.4 Å². The summed E-state index contributed by atoms with van der Waals surface area (Å²) in [7, 11) is 1.98. The van der Waals surface area contributed by atoms with Crippen molar-refractivity contribution >= 4 is 22.9 Å². The molecule has 0 aliphatic heterocycles. The third-order valence-corrected chi connectivity index (χ3v) is 6.51. The molecule has 1 atom stereocenters. The first-order chi connectivity index (χ1) is 21.0. The molecule has 0 bridgehead atoms. The molecule has 248 valence electrons. The van der Waals surface area contributed by atoms with E-state index < -0.39 is 0 Å². The summed E-state index contributed by atoms with van der Waals surface area (Å²) in [5.74, 6) is 1.17. The number of anilines is 2. The van der Waals surface area contributed by atoms with Crippen LogP contribution in [0.25, 0.3) is 0 Å². The Labute approximate surface area is 272 Å². The first-order valence-electron chi connectivity index (χ1n) is 16.9. The molecule has 44 heavy (non-hydrogen) atoms. The molecule has 4 heteroatoms. The number of hydrogen-bond acceptors (Lipinski definition) is 4. The first-order valence-corrected chi connectivity index (χ1v) is 16.9. The highest BCUT2D eigenvalue weighted by Gasteiger charge is 2.13. The van der Waals surface area contributed by atoms with Crippen LogP contribution in [0.1, 0.15) is 146 Å². The Kier molecular flexibility index (Phi) is 29.3. The van der Waals surface area contributed by atoms with Gasteiger partial charge in [-0.05, 0) is 64.3 Å². The minimum absolute atomic E-state index is 0.0749. The standard InChI is InChI=1S/C16H18N2O.C9H10O.C9H20.3C2H6/c1-11-10-17-12(2)9-16(11)18(4)15-8-6-5-7-14(15)13(3)19;1-7-3-5-9(6-4-7)8(2)10;1-4-6-8-9(3)7-5-2;3*1-2/h5-10H,1-4H3;3-6H,1-2H3;9H,4-8H2,1-3H3;3*1-2H3. The zero-order valence-electron chi connectivity index (χ0n) is 31.1. The normalized spacial score (nSPS) is 9.80. The van der Waals surface area contributed by atoms with Crippen LogP contribution < -0.4 is 4.90 Å². The summed E-state index contributed by atoms with van der Waals surface area (Å²) in [5.41, 5.74) is 6.75. The average molecular weight is 607 g/mol. The lowest BCUT2D eigenvalue weighted by molar-refractivity contribution is 0.100. The van der Waals surface area contributed by atoms with Gasteiger partial charge in [0.2, 0.25) is 0 Å². The van der Waals surface area contributed by atoms with Crippen molar-refractivity contribution < 1.29 is 9.59 Å². The Morgan fingerprint density at radius 3 is 1.77 bits per heavy atom. The van der Waals surface area contributed by atoms with Crippen molar-refractivity contribution in [1.29, 1.82) is 0 Å². The number of aromatic nitrogens is 1. The molecule has 0 saturated heterocycles. The Hall–Kier alpha value is -3.27. The van der Waals surface area contributed by atoms with Gasteiger partial charge < -0.3 is 4.90 Å². The molecular weight excluding hydrogens is 540 g/mol. The van der Waals surface area contributed by atoms with E-state index in [-0.39, 0.29) is 11.6 Å². The van der Waals surface area contributed by atoms with Crippen LogP contribution in [0.15, 0.2) is 60.8 Å². The monoisotopic (exact) mass is 607 g/mol. The highest BCUT2D eigenvalue weighted by Crippen LogP contribution is 2.29. The number of unbranched alkanes of at least 4 members (excludes halogenated alkanes) is 1. The maximum absolute atomic E-state index is 11.7. The van der Waals surface area contributed by atoms with Crippen LogP contribution >= 0.6 is 0 Å². The highest BCUT2D eigenvalue weighted by molar-refractivity contribution is 6.00. The minimum Gasteiger partial charge on any atom is -0.344 e. The van der Waals surface area contributed by atoms with Gasteiger partial charge in [-0.2, -0.15) is 0 Å². The van der Waals surface area contributed by atoms with Gasteiger partial charge >= 0.3 is 0 Å². The molecule has 2 aromatic carbocycles. The topological polar surface area (TPSA) is 50.3 Å². The second kappa shape index (κ2) is 28.5. The number of carbonyl (C=O) groups is 2. The van der Waals surface area contributed by atoms with Crippen molar-refractivity contribution in [2.24, 2.45) is 5.92 Å². The fourth-order valence-electron chi connectivity index (χ4n) is 4.15. The van der Waals surface area contributed by atoms with Crippen LogP contribution in [-0.2, 0) is 0 Å². The third kappa shape index (κ3) is 19.1. The van der Waals surface area contributed by atoms with Crippen LogP contribution in [0.2, 0.25) is 0 Å². The molecular formula is C40H66N2O2. The molecule has 1 unspecified atom stereocenters. The van der Waals surface area contributed by atoms with Gasteiger partial charge in [0.1, 0.15) is 0 Å². The van der Waals surface area contributed by atoms with Crippen molar-refractivity contribution in [3.63, 3.8) is 0 Å². The van der Waals surface area contributed by atoms with E-state index in [2.05, 4.69) is 25.8 Å². The van der Waals surface area contributed by atoms with Gasteiger partial charge in [0.15, 0.2) is 11.6 Å². The van der Waals surface area contributed by atoms with Gasteiger partial charge in [0, 0.05) is 35.8 Å². The van der Waals surface area contributed by atoms with E-state index >= 15 is 0 Å². The molecule has 4 nitrogen and oxygen atoms in total. The quantitative estimate of drug-likeness (QED) is 0.227. The number of aryl methyl sites for hydroxylation is 3. The molecule has 0 fully saturated rings. The summed E-state index contributed by atoms with van der Waals surface area (Å²) in [6, 6.07) is 17.3. The number of ketones is 2. The number of nitrogens with zero attached hydrogens (tertiary/aromatic N) is 2. The lowest BCUT2D eigenvalue weighted by atomic mass is 10.00. The van der Waals surface area contributed by atoms with Gasteiger partial charge in [0.05, 0.1) is 5.69 Å². The Morgan fingerprint density at radius 1 is 0.750 bits per heavy atom. The lowest BCUT2D eigenvalue weighted by Crippen LogP contribution is -2.14. The molecule has 0 amide bonds. The molecule has 0 spiro atoms. The van der Waals surface area contributed by atoms with E-state index in [1.54, 1.807) is 13.8 Å². The van der Waals surface area contributed by atoms with Crippen molar-refractivity contribution in [1.82, 2.24) is 4.98 Å². The molecule has 0 aliphatic rings. The van der Waals surface area contributed by atoms with E-state index in [1.165, 1.54) is 37.7 Å². The Balaban J connectivity index is -0.000000572. The third-order valence-electron chi connectivity index (χ3n) is 6.51. The fourth-order valence-corrected chi connectivity index (χ4v) is 4.15. The Bertz CT molecular complexity index is 1140. The van der Waals surface area contributed by atoms with Crippen molar-refractivity contribution in [2.75, 3.05) is 11.9 Å². The Morgan fingerprint density at radius 2 is 1.30 bits per heavy atom. The highest BCUT2D eigenvalue weighted by atomic mass is 16.1. The maximum atomic E-state index is 11.7. The molecule has 3 aromatic rings. The smallest absolute Gasteiger partial charge is 0.161 e. The van der Waals surface area contributed by atoms with Gasteiger partial charge in [-0.3, -0.25) is 14.6 Å². The van der Waals surface area contributed by atoms with Crippen LogP contribution in [0, 0.1) is 26.7 Å².